The topological polar surface area (TPSA) is 49.7 Å². The zero-order valence-corrected chi connectivity index (χ0v) is 11.6. The maximum atomic E-state index is 11.5. The van der Waals surface area contributed by atoms with Gasteiger partial charge in [0.05, 0.1) is 18.2 Å². The Morgan fingerprint density at radius 2 is 2.11 bits per heavy atom. The van der Waals surface area contributed by atoms with Gasteiger partial charge in [0.25, 0.3) is 0 Å². The lowest BCUT2D eigenvalue weighted by molar-refractivity contribution is -0.139. The van der Waals surface area contributed by atoms with E-state index in [4.69, 9.17) is 0 Å². The molecule has 0 amide bonds. The van der Waals surface area contributed by atoms with E-state index in [0.717, 1.165) is 29.7 Å². The Bertz CT molecular complexity index is 493. The molecule has 1 heterocycles. The van der Waals surface area contributed by atoms with Gasteiger partial charge in [-0.3, -0.25) is 9.79 Å². The van der Waals surface area contributed by atoms with Crippen molar-refractivity contribution in [1.29, 1.82) is 0 Å². The number of fused-ring (bicyclic) bond motifs is 1. The van der Waals surface area contributed by atoms with Crippen LogP contribution in [-0.2, 0) is 11.3 Å². The first-order valence-electron chi connectivity index (χ1n) is 6.99. The molecule has 0 radical (unpaired) electrons. The first-order valence-corrected chi connectivity index (χ1v) is 6.99. The third-order valence-corrected chi connectivity index (χ3v) is 3.99. The highest BCUT2D eigenvalue weighted by molar-refractivity contribution is 6.13. The molecule has 2 rings (SSSR count). The monoisotopic (exact) mass is 259 g/mol. The van der Waals surface area contributed by atoms with Gasteiger partial charge in [-0.15, -0.1) is 0 Å². The van der Waals surface area contributed by atoms with Gasteiger partial charge in [-0.2, -0.15) is 0 Å². The van der Waals surface area contributed by atoms with Crippen molar-refractivity contribution in [3.63, 3.8) is 0 Å². The van der Waals surface area contributed by atoms with E-state index in [1.807, 2.05) is 24.3 Å². The summed E-state index contributed by atoms with van der Waals surface area (Å²) in [5.74, 6) is -0.643. The quantitative estimate of drug-likeness (QED) is 0.849. The van der Waals surface area contributed by atoms with E-state index in [1.165, 1.54) is 0 Å². The Morgan fingerprint density at radius 1 is 1.37 bits per heavy atom. The summed E-state index contributed by atoms with van der Waals surface area (Å²) in [5.41, 5.74) is 2.94. The lowest BCUT2D eigenvalue weighted by Crippen LogP contribution is -2.24. The summed E-state index contributed by atoms with van der Waals surface area (Å²) in [4.78, 5) is 16.0. The van der Waals surface area contributed by atoms with Crippen molar-refractivity contribution in [2.45, 2.75) is 39.7 Å². The van der Waals surface area contributed by atoms with Crippen LogP contribution in [0.3, 0.4) is 0 Å². The highest BCUT2D eigenvalue weighted by Gasteiger charge is 2.29. The van der Waals surface area contributed by atoms with Gasteiger partial charge in [-0.1, -0.05) is 44.5 Å². The van der Waals surface area contributed by atoms with Crippen LogP contribution in [0, 0.1) is 11.8 Å². The summed E-state index contributed by atoms with van der Waals surface area (Å²) < 4.78 is 0. The van der Waals surface area contributed by atoms with Gasteiger partial charge >= 0.3 is 5.97 Å². The molecule has 0 bridgehead atoms. The summed E-state index contributed by atoms with van der Waals surface area (Å²) in [6.07, 6.45) is 2.71. The molecule has 1 N–H and O–H groups in total. The van der Waals surface area contributed by atoms with E-state index in [9.17, 15) is 9.90 Å². The number of rotatable bonds is 6. The molecule has 19 heavy (non-hydrogen) atoms. The number of carboxylic acids is 1. The molecule has 0 spiro atoms. The second kappa shape index (κ2) is 6.00. The smallest absolute Gasteiger partial charge is 0.312 e. The highest BCUT2D eigenvalue weighted by atomic mass is 16.4. The van der Waals surface area contributed by atoms with E-state index < -0.39 is 11.9 Å². The van der Waals surface area contributed by atoms with E-state index in [0.29, 0.717) is 18.9 Å². The molecule has 1 aliphatic heterocycles. The molecule has 0 aliphatic carbocycles. The van der Waals surface area contributed by atoms with E-state index in [1.54, 1.807) is 0 Å². The Labute approximate surface area is 114 Å². The fourth-order valence-corrected chi connectivity index (χ4v) is 2.49. The molecule has 3 heteroatoms. The standard InChI is InChI=1S/C16H21NO2/c1-3-11(2)8-9-14(16(18)19)15-13-7-5-4-6-12(13)10-17-15/h4-7,11,14H,3,8-10H2,1-2H3,(H,18,19). The number of carboxylic acid groups (broad SMARTS) is 1. The molecule has 1 aliphatic rings. The average Bonchev–Trinajstić information content (AvgIpc) is 2.82. The number of aliphatic imine (C=N–C) groups is 1. The largest absolute Gasteiger partial charge is 0.481 e. The normalized spacial score (nSPS) is 16.6. The lowest BCUT2D eigenvalue weighted by Gasteiger charge is -2.16. The maximum Gasteiger partial charge on any atom is 0.312 e. The Balaban J connectivity index is 2.15. The van der Waals surface area contributed by atoms with Crippen LogP contribution in [0.1, 0.15) is 44.2 Å². The predicted molar refractivity (Wildman–Crippen MR) is 76.5 cm³/mol. The summed E-state index contributed by atoms with van der Waals surface area (Å²) in [5, 5.41) is 9.46. The Kier molecular flexibility index (Phi) is 4.35. The molecule has 2 atom stereocenters. The molecular formula is C16H21NO2. The lowest BCUT2D eigenvalue weighted by atomic mass is 9.88. The van der Waals surface area contributed by atoms with Gasteiger partial charge in [0.2, 0.25) is 0 Å². The Morgan fingerprint density at radius 3 is 2.79 bits per heavy atom. The maximum absolute atomic E-state index is 11.5. The molecule has 0 aromatic heterocycles. The van der Waals surface area contributed by atoms with Crippen molar-refractivity contribution in [2.24, 2.45) is 16.8 Å². The fraction of sp³-hybridized carbons (Fsp3) is 0.500. The molecule has 0 saturated heterocycles. The number of carbonyl (C=O) groups is 1. The van der Waals surface area contributed by atoms with Crippen LogP contribution >= 0.6 is 0 Å². The minimum Gasteiger partial charge on any atom is -0.481 e. The summed E-state index contributed by atoms with van der Waals surface area (Å²) >= 11 is 0. The second-order valence-electron chi connectivity index (χ2n) is 5.34. The van der Waals surface area contributed by atoms with Crippen molar-refractivity contribution in [2.75, 3.05) is 0 Å². The van der Waals surface area contributed by atoms with Crippen molar-refractivity contribution < 1.29 is 9.90 Å². The zero-order valence-electron chi connectivity index (χ0n) is 11.6. The first kappa shape index (κ1) is 13.8. The van der Waals surface area contributed by atoms with Crippen molar-refractivity contribution in [3.8, 4) is 0 Å². The molecule has 102 valence electrons. The van der Waals surface area contributed by atoms with E-state index in [2.05, 4.69) is 18.8 Å². The second-order valence-corrected chi connectivity index (χ2v) is 5.34. The third kappa shape index (κ3) is 3.03. The van der Waals surface area contributed by atoms with Crippen LogP contribution in [0.4, 0.5) is 0 Å². The number of nitrogens with zero attached hydrogens (tertiary/aromatic N) is 1. The van der Waals surface area contributed by atoms with E-state index >= 15 is 0 Å². The first-order chi connectivity index (χ1) is 9.13. The van der Waals surface area contributed by atoms with Gasteiger partial charge in [0, 0.05) is 5.56 Å². The molecule has 2 unspecified atom stereocenters. The van der Waals surface area contributed by atoms with Crippen LogP contribution in [0.25, 0.3) is 0 Å². The van der Waals surface area contributed by atoms with Crippen LogP contribution < -0.4 is 0 Å². The average molecular weight is 259 g/mol. The third-order valence-electron chi connectivity index (χ3n) is 3.99. The van der Waals surface area contributed by atoms with Crippen LogP contribution in [0.5, 0.6) is 0 Å². The molecule has 0 saturated carbocycles. The minimum absolute atomic E-state index is 0.461. The number of aliphatic carboxylic acids is 1. The van der Waals surface area contributed by atoms with E-state index in [-0.39, 0.29) is 0 Å². The Hall–Kier alpha value is -1.64. The van der Waals surface area contributed by atoms with Gasteiger partial charge in [-0.25, -0.2) is 0 Å². The van der Waals surface area contributed by atoms with Gasteiger partial charge in [0.15, 0.2) is 0 Å². The molecule has 1 aromatic carbocycles. The van der Waals surface area contributed by atoms with Crippen molar-refractivity contribution in [3.05, 3.63) is 35.4 Å². The summed E-state index contributed by atoms with van der Waals surface area (Å²) in [7, 11) is 0. The molecule has 1 aromatic rings. The van der Waals surface area contributed by atoms with Crippen molar-refractivity contribution >= 4 is 11.7 Å². The fourth-order valence-electron chi connectivity index (χ4n) is 2.49. The van der Waals surface area contributed by atoms with Gasteiger partial charge in [-0.05, 0) is 24.3 Å². The van der Waals surface area contributed by atoms with Crippen LogP contribution in [0.15, 0.2) is 29.3 Å². The molecular weight excluding hydrogens is 238 g/mol. The predicted octanol–water partition coefficient (Wildman–Crippen LogP) is 3.52. The van der Waals surface area contributed by atoms with Crippen molar-refractivity contribution in [1.82, 2.24) is 0 Å². The highest BCUT2D eigenvalue weighted by Crippen LogP contribution is 2.26. The van der Waals surface area contributed by atoms with Gasteiger partial charge < -0.3 is 5.11 Å². The number of hydrogen-bond donors (Lipinski definition) is 1. The van der Waals surface area contributed by atoms with Gasteiger partial charge in [0.1, 0.15) is 0 Å². The number of benzene rings is 1. The zero-order chi connectivity index (χ0) is 13.8. The van der Waals surface area contributed by atoms with Crippen LogP contribution in [0.2, 0.25) is 0 Å². The molecule has 0 fully saturated rings. The summed E-state index contributed by atoms with van der Waals surface area (Å²) in [6.45, 7) is 4.94. The SMILES string of the molecule is CCC(C)CCC(C(=O)O)C1=NCc2ccccc21. The van der Waals surface area contributed by atoms with Crippen LogP contribution in [-0.4, -0.2) is 16.8 Å². The minimum atomic E-state index is -0.751. The summed E-state index contributed by atoms with van der Waals surface area (Å²) in [6, 6.07) is 7.94. The number of hydrogen-bond acceptors (Lipinski definition) is 2. The molecule has 3 nitrogen and oxygen atoms in total.